The van der Waals surface area contributed by atoms with Gasteiger partial charge < -0.3 is 39.0 Å². The van der Waals surface area contributed by atoms with Crippen molar-refractivity contribution in [1.82, 2.24) is 0 Å². The van der Waals surface area contributed by atoms with Crippen molar-refractivity contribution in [3.63, 3.8) is 0 Å². The number of aliphatic hydroxyl groups excluding tert-OH is 3. The van der Waals surface area contributed by atoms with Crippen LogP contribution in [-0.2, 0) is 23.7 Å². The standard InChI is InChI=1S/C20H30F4O9/c21-19(22,13-30-11-17(27)12-32-18-4-2-1-3-5-18)33-20(23,24)14-31-15-29-9-8-28-10-16(26)6-7-25/h1-5,16-17,25-27H,6-15H2. The highest BCUT2D eigenvalue weighted by atomic mass is 19.3. The maximum absolute atomic E-state index is 13.6. The van der Waals surface area contributed by atoms with Gasteiger partial charge in [0.2, 0.25) is 0 Å². The van der Waals surface area contributed by atoms with Gasteiger partial charge in [0.1, 0.15) is 38.5 Å². The van der Waals surface area contributed by atoms with E-state index in [1.165, 1.54) is 0 Å². The molecule has 9 nitrogen and oxygen atoms in total. The van der Waals surface area contributed by atoms with Crippen LogP contribution in [0.2, 0.25) is 0 Å². The molecule has 0 aromatic heterocycles. The van der Waals surface area contributed by atoms with Crippen molar-refractivity contribution in [3.8, 4) is 5.75 Å². The Bertz CT molecular complexity index is 610. The number of aliphatic hydroxyl groups is 3. The number of benzene rings is 1. The molecule has 0 amide bonds. The fraction of sp³-hybridized carbons (Fsp3) is 0.700. The molecule has 0 saturated carbocycles. The summed E-state index contributed by atoms with van der Waals surface area (Å²) in [5, 5.41) is 27.5. The first-order valence-corrected chi connectivity index (χ1v) is 10.0. The van der Waals surface area contributed by atoms with E-state index >= 15 is 0 Å². The van der Waals surface area contributed by atoms with Crippen molar-refractivity contribution in [2.24, 2.45) is 0 Å². The molecule has 0 heterocycles. The minimum atomic E-state index is -4.34. The highest BCUT2D eigenvalue weighted by Gasteiger charge is 2.44. The van der Waals surface area contributed by atoms with Crippen molar-refractivity contribution in [1.29, 1.82) is 0 Å². The quantitative estimate of drug-likeness (QED) is 0.142. The molecular weight excluding hydrogens is 460 g/mol. The van der Waals surface area contributed by atoms with Crippen LogP contribution in [0.25, 0.3) is 0 Å². The molecule has 0 spiro atoms. The molecule has 2 unspecified atom stereocenters. The van der Waals surface area contributed by atoms with Gasteiger partial charge in [-0.1, -0.05) is 18.2 Å². The summed E-state index contributed by atoms with van der Waals surface area (Å²) >= 11 is 0. The van der Waals surface area contributed by atoms with Crippen LogP contribution in [-0.4, -0.2) is 99.4 Å². The third-order valence-corrected chi connectivity index (χ3v) is 3.65. The van der Waals surface area contributed by atoms with Gasteiger partial charge in [0.05, 0.1) is 32.5 Å². The molecule has 0 radical (unpaired) electrons. The van der Waals surface area contributed by atoms with Gasteiger partial charge in [-0.15, -0.1) is 0 Å². The minimum Gasteiger partial charge on any atom is -0.491 e. The van der Waals surface area contributed by atoms with Crippen LogP contribution in [0.1, 0.15) is 6.42 Å². The summed E-state index contributed by atoms with van der Waals surface area (Å²) in [6, 6.07) is 8.42. The van der Waals surface area contributed by atoms with Gasteiger partial charge in [-0.3, -0.25) is 4.74 Å². The number of rotatable bonds is 20. The average Bonchev–Trinajstić information content (AvgIpc) is 2.74. The Kier molecular flexibility index (Phi) is 14.4. The monoisotopic (exact) mass is 490 g/mol. The number of hydrogen-bond acceptors (Lipinski definition) is 9. The Morgan fingerprint density at radius 3 is 2.03 bits per heavy atom. The van der Waals surface area contributed by atoms with E-state index in [-0.39, 0.29) is 39.5 Å². The first-order valence-electron chi connectivity index (χ1n) is 10.0. The van der Waals surface area contributed by atoms with Crippen molar-refractivity contribution >= 4 is 0 Å². The second kappa shape index (κ2) is 16.1. The minimum absolute atomic E-state index is 0.0242. The maximum atomic E-state index is 13.6. The molecule has 0 aliphatic carbocycles. The highest BCUT2D eigenvalue weighted by Crippen LogP contribution is 2.27. The molecule has 3 N–H and O–H groups in total. The van der Waals surface area contributed by atoms with E-state index in [0.717, 1.165) is 0 Å². The Morgan fingerprint density at radius 1 is 0.758 bits per heavy atom. The molecule has 1 aromatic carbocycles. The van der Waals surface area contributed by atoms with Crippen molar-refractivity contribution < 1.29 is 61.3 Å². The fourth-order valence-corrected chi connectivity index (χ4v) is 2.20. The zero-order valence-electron chi connectivity index (χ0n) is 17.9. The second-order valence-electron chi connectivity index (χ2n) is 6.79. The van der Waals surface area contributed by atoms with Crippen LogP contribution in [0.5, 0.6) is 5.75 Å². The lowest BCUT2D eigenvalue weighted by atomic mass is 10.3. The van der Waals surface area contributed by atoms with Gasteiger partial charge in [0.15, 0.2) is 0 Å². The molecule has 0 aliphatic rings. The molecule has 0 bridgehead atoms. The number of para-hydroxylation sites is 1. The van der Waals surface area contributed by atoms with E-state index in [9.17, 15) is 27.8 Å². The normalized spacial score (nSPS) is 14.3. The summed E-state index contributed by atoms with van der Waals surface area (Å²) in [6.45, 7) is -4.72. The molecular formula is C20H30F4O9. The second-order valence-corrected chi connectivity index (χ2v) is 6.79. The summed E-state index contributed by atoms with van der Waals surface area (Å²) < 4.78 is 81.7. The van der Waals surface area contributed by atoms with E-state index in [1.54, 1.807) is 30.3 Å². The number of ether oxygens (including phenoxy) is 6. The lowest BCUT2D eigenvalue weighted by Gasteiger charge is -2.24. The molecule has 13 heteroatoms. The predicted molar refractivity (Wildman–Crippen MR) is 105 cm³/mol. The van der Waals surface area contributed by atoms with E-state index in [2.05, 4.69) is 14.2 Å². The van der Waals surface area contributed by atoms with E-state index in [1.807, 2.05) is 0 Å². The largest absolute Gasteiger partial charge is 0.491 e. The van der Waals surface area contributed by atoms with Crippen LogP contribution in [0.4, 0.5) is 17.6 Å². The third kappa shape index (κ3) is 15.8. The summed E-state index contributed by atoms with van der Waals surface area (Å²) in [4.78, 5) is 0. The van der Waals surface area contributed by atoms with Crippen molar-refractivity contribution in [2.45, 2.75) is 30.8 Å². The first-order chi connectivity index (χ1) is 15.6. The van der Waals surface area contributed by atoms with Gasteiger partial charge in [-0.25, -0.2) is 0 Å². The van der Waals surface area contributed by atoms with Gasteiger partial charge in [0, 0.05) is 6.61 Å². The molecule has 1 rings (SSSR count). The fourth-order valence-electron chi connectivity index (χ4n) is 2.20. The molecule has 192 valence electrons. The van der Waals surface area contributed by atoms with Gasteiger partial charge >= 0.3 is 12.2 Å². The molecule has 0 fully saturated rings. The van der Waals surface area contributed by atoms with E-state index in [0.29, 0.717) is 5.75 Å². The summed E-state index contributed by atoms with van der Waals surface area (Å²) in [6.07, 6.45) is -10.6. The van der Waals surface area contributed by atoms with Gasteiger partial charge in [-0.2, -0.15) is 17.6 Å². The Morgan fingerprint density at radius 2 is 1.36 bits per heavy atom. The highest BCUT2D eigenvalue weighted by molar-refractivity contribution is 5.20. The predicted octanol–water partition coefficient (Wildman–Crippen LogP) is 1.40. The Hall–Kier alpha value is -1.58. The lowest BCUT2D eigenvalue weighted by Crippen LogP contribution is -2.40. The van der Waals surface area contributed by atoms with Crippen LogP contribution in [0.3, 0.4) is 0 Å². The summed E-state index contributed by atoms with van der Waals surface area (Å²) in [7, 11) is 0. The maximum Gasteiger partial charge on any atom is 0.383 e. The van der Waals surface area contributed by atoms with Crippen LogP contribution >= 0.6 is 0 Å². The number of hydrogen-bond donors (Lipinski definition) is 3. The zero-order valence-corrected chi connectivity index (χ0v) is 17.9. The topological polar surface area (TPSA) is 116 Å². The number of halogens is 4. The summed E-state index contributed by atoms with van der Waals surface area (Å²) in [5.41, 5.74) is 0. The van der Waals surface area contributed by atoms with Crippen LogP contribution in [0, 0.1) is 0 Å². The molecule has 0 saturated heterocycles. The average molecular weight is 490 g/mol. The Balaban J connectivity index is 2.12. The summed E-state index contributed by atoms with van der Waals surface area (Å²) in [5.74, 6) is 0.457. The van der Waals surface area contributed by atoms with Crippen molar-refractivity contribution in [2.75, 3.05) is 59.6 Å². The zero-order chi connectivity index (χ0) is 24.6. The van der Waals surface area contributed by atoms with Crippen LogP contribution < -0.4 is 4.74 Å². The molecule has 1 aromatic rings. The molecule has 2 atom stereocenters. The van der Waals surface area contributed by atoms with Gasteiger partial charge in [-0.05, 0) is 18.6 Å². The molecule has 0 aliphatic heterocycles. The van der Waals surface area contributed by atoms with Crippen molar-refractivity contribution in [3.05, 3.63) is 30.3 Å². The smallest absolute Gasteiger partial charge is 0.383 e. The van der Waals surface area contributed by atoms with Crippen LogP contribution in [0.15, 0.2) is 30.3 Å². The first kappa shape index (κ1) is 29.5. The molecule has 33 heavy (non-hydrogen) atoms. The Labute approximate surface area is 188 Å². The van der Waals surface area contributed by atoms with E-state index in [4.69, 9.17) is 19.3 Å². The lowest BCUT2D eigenvalue weighted by molar-refractivity contribution is -0.396. The van der Waals surface area contributed by atoms with E-state index < -0.39 is 51.0 Å². The number of alkyl halides is 4. The van der Waals surface area contributed by atoms with Gasteiger partial charge in [0.25, 0.3) is 0 Å². The third-order valence-electron chi connectivity index (χ3n) is 3.65. The SMILES string of the molecule is OCCC(O)COCCOCOCC(F)(F)OC(F)(F)COCC(O)COc1ccccc1.